The number of thiazole rings is 1. The van der Waals surface area contributed by atoms with Gasteiger partial charge in [-0.15, -0.1) is 11.3 Å². The summed E-state index contributed by atoms with van der Waals surface area (Å²) in [7, 11) is 0. The SMILES string of the molecule is Cc1nc(/C=C/C(=O)Nc2ccc(I)cc2C)cs1. The number of aryl methyl sites for hydroxylation is 2. The highest BCUT2D eigenvalue weighted by Gasteiger charge is 2.02. The van der Waals surface area contributed by atoms with Crippen LogP contribution >= 0.6 is 33.9 Å². The third kappa shape index (κ3) is 4.14. The first kappa shape index (κ1) is 14.2. The number of nitrogens with zero attached hydrogens (tertiary/aromatic N) is 1. The minimum absolute atomic E-state index is 0.144. The summed E-state index contributed by atoms with van der Waals surface area (Å²) in [6.45, 7) is 3.92. The predicted molar refractivity (Wildman–Crippen MR) is 88.4 cm³/mol. The van der Waals surface area contributed by atoms with E-state index in [1.807, 2.05) is 37.4 Å². The smallest absolute Gasteiger partial charge is 0.248 e. The van der Waals surface area contributed by atoms with Crippen molar-refractivity contribution in [3.63, 3.8) is 0 Å². The van der Waals surface area contributed by atoms with E-state index < -0.39 is 0 Å². The van der Waals surface area contributed by atoms with E-state index in [-0.39, 0.29) is 5.91 Å². The second-order valence-corrected chi connectivity index (χ2v) is 6.38. The first-order chi connectivity index (χ1) is 9.04. The summed E-state index contributed by atoms with van der Waals surface area (Å²) in [5, 5.41) is 5.78. The van der Waals surface area contributed by atoms with Crippen molar-refractivity contribution < 1.29 is 4.79 Å². The van der Waals surface area contributed by atoms with E-state index >= 15 is 0 Å². The van der Waals surface area contributed by atoms with Crippen LogP contribution in [0.2, 0.25) is 0 Å². The van der Waals surface area contributed by atoms with Gasteiger partial charge in [-0.2, -0.15) is 0 Å². The quantitative estimate of drug-likeness (QED) is 0.642. The lowest BCUT2D eigenvalue weighted by atomic mass is 10.2. The van der Waals surface area contributed by atoms with Crippen molar-refractivity contribution in [2.75, 3.05) is 5.32 Å². The summed E-state index contributed by atoms with van der Waals surface area (Å²) in [6.07, 6.45) is 3.23. The van der Waals surface area contributed by atoms with Crippen LogP contribution in [0, 0.1) is 17.4 Å². The molecule has 0 saturated heterocycles. The fourth-order valence-corrected chi connectivity index (χ4v) is 2.79. The van der Waals surface area contributed by atoms with Gasteiger partial charge in [-0.1, -0.05) is 0 Å². The molecule has 2 aromatic rings. The van der Waals surface area contributed by atoms with Crippen LogP contribution in [0.5, 0.6) is 0 Å². The van der Waals surface area contributed by atoms with Crippen molar-refractivity contribution in [3.05, 3.63) is 49.5 Å². The molecule has 5 heteroatoms. The van der Waals surface area contributed by atoms with E-state index in [9.17, 15) is 4.79 Å². The zero-order valence-electron chi connectivity index (χ0n) is 10.6. The number of hydrogen-bond donors (Lipinski definition) is 1. The fraction of sp³-hybridized carbons (Fsp3) is 0.143. The summed E-state index contributed by atoms with van der Waals surface area (Å²) >= 11 is 3.82. The lowest BCUT2D eigenvalue weighted by molar-refractivity contribution is -0.111. The molecule has 0 saturated carbocycles. The van der Waals surface area contributed by atoms with Gasteiger partial charge in [0.15, 0.2) is 0 Å². The van der Waals surface area contributed by atoms with Crippen molar-refractivity contribution in [1.82, 2.24) is 4.98 Å². The van der Waals surface area contributed by atoms with Crippen molar-refractivity contribution in [2.45, 2.75) is 13.8 Å². The Kier molecular flexibility index (Phi) is 4.71. The maximum atomic E-state index is 11.8. The molecule has 1 heterocycles. The highest BCUT2D eigenvalue weighted by molar-refractivity contribution is 14.1. The van der Waals surface area contributed by atoms with Crippen LogP contribution in [0.25, 0.3) is 6.08 Å². The van der Waals surface area contributed by atoms with Gasteiger partial charge in [0.05, 0.1) is 10.7 Å². The van der Waals surface area contributed by atoms with Crippen molar-refractivity contribution >= 4 is 51.6 Å². The number of rotatable bonds is 3. The number of carbonyl (C=O) groups excluding carboxylic acids is 1. The van der Waals surface area contributed by atoms with Crippen LogP contribution in [-0.2, 0) is 4.79 Å². The summed E-state index contributed by atoms with van der Waals surface area (Å²) < 4.78 is 1.15. The molecule has 0 fully saturated rings. The second kappa shape index (κ2) is 6.29. The molecule has 98 valence electrons. The number of amides is 1. The molecule has 0 spiro atoms. The Hall–Kier alpha value is -1.21. The predicted octanol–water partition coefficient (Wildman–Crippen LogP) is 4.02. The number of benzene rings is 1. The maximum absolute atomic E-state index is 11.8. The van der Waals surface area contributed by atoms with E-state index in [0.29, 0.717) is 0 Å². The topological polar surface area (TPSA) is 42.0 Å². The van der Waals surface area contributed by atoms with E-state index in [2.05, 4.69) is 32.9 Å². The van der Waals surface area contributed by atoms with Gasteiger partial charge < -0.3 is 5.32 Å². The average molecular weight is 384 g/mol. The summed E-state index contributed by atoms with van der Waals surface area (Å²) in [6, 6.07) is 5.91. The van der Waals surface area contributed by atoms with E-state index in [4.69, 9.17) is 0 Å². The van der Waals surface area contributed by atoms with Crippen LogP contribution < -0.4 is 5.32 Å². The lowest BCUT2D eigenvalue weighted by Crippen LogP contribution is -2.08. The van der Waals surface area contributed by atoms with Gasteiger partial charge in [0.25, 0.3) is 0 Å². The molecule has 0 aliphatic heterocycles. The van der Waals surface area contributed by atoms with Gasteiger partial charge in [-0.05, 0) is 66.3 Å². The summed E-state index contributed by atoms with van der Waals surface area (Å²) in [5.41, 5.74) is 2.71. The molecule has 1 N–H and O–H groups in total. The van der Waals surface area contributed by atoms with Crippen molar-refractivity contribution in [3.8, 4) is 0 Å². The first-order valence-electron chi connectivity index (χ1n) is 5.72. The Balaban J connectivity index is 2.03. The minimum atomic E-state index is -0.144. The molecule has 0 aliphatic rings. The molecule has 1 aromatic carbocycles. The van der Waals surface area contributed by atoms with Gasteiger partial charge in [-0.3, -0.25) is 4.79 Å². The minimum Gasteiger partial charge on any atom is -0.322 e. The Morgan fingerprint density at radius 3 is 2.84 bits per heavy atom. The van der Waals surface area contributed by atoms with Gasteiger partial charge >= 0.3 is 0 Å². The van der Waals surface area contributed by atoms with Gasteiger partial charge in [0, 0.05) is 20.7 Å². The number of hydrogen-bond acceptors (Lipinski definition) is 3. The number of anilines is 1. The number of nitrogens with one attached hydrogen (secondary N) is 1. The van der Waals surface area contributed by atoms with E-state index in [0.717, 1.165) is 25.5 Å². The lowest BCUT2D eigenvalue weighted by Gasteiger charge is -2.06. The molecular formula is C14H13IN2OS. The maximum Gasteiger partial charge on any atom is 0.248 e. The van der Waals surface area contributed by atoms with Gasteiger partial charge in [0.2, 0.25) is 5.91 Å². The Labute approximate surface area is 129 Å². The molecule has 1 amide bonds. The molecule has 1 aromatic heterocycles. The summed E-state index contributed by atoms with van der Waals surface area (Å²) in [5.74, 6) is -0.144. The van der Waals surface area contributed by atoms with Crippen LogP contribution in [0.15, 0.2) is 29.7 Å². The molecule has 0 atom stereocenters. The fourth-order valence-electron chi connectivity index (χ4n) is 1.56. The van der Waals surface area contributed by atoms with E-state index in [1.165, 1.54) is 6.08 Å². The number of halogens is 1. The van der Waals surface area contributed by atoms with Crippen LogP contribution in [0.4, 0.5) is 5.69 Å². The Bertz CT molecular complexity index is 634. The largest absolute Gasteiger partial charge is 0.322 e. The molecule has 0 radical (unpaired) electrons. The average Bonchev–Trinajstić information content (AvgIpc) is 2.76. The molecule has 2 rings (SSSR count). The van der Waals surface area contributed by atoms with Gasteiger partial charge in [0.1, 0.15) is 0 Å². The van der Waals surface area contributed by atoms with Crippen molar-refractivity contribution in [1.29, 1.82) is 0 Å². The van der Waals surface area contributed by atoms with E-state index in [1.54, 1.807) is 17.4 Å². The number of carbonyl (C=O) groups is 1. The standard InChI is InChI=1S/C14H13IN2OS/c1-9-7-11(15)3-5-13(9)17-14(18)6-4-12-8-19-10(2)16-12/h3-8H,1-2H3,(H,17,18)/b6-4+. The Morgan fingerprint density at radius 1 is 1.42 bits per heavy atom. The number of aromatic nitrogens is 1. The highest BCUT2D eigenvalue weighted by atomic mass is 127. The van der Waals surface area contributed by atoms with Crippen LogP contribution in [-0.4, -0.2) is 10.9 Å². The molecule has 3 nitrogen and oxygen atoms in total. The normalized spacial score (nSPS) is 10.9. The highest BCUT2D eigenvalue weighted by Crippen LogP contribution is 2.17. The molecule has 0 bridgehead atoms. The molecule has 19 heavy (non-hydrogen) atoms. The van der Waals surface area contributed by atoms with Gasteiger partial charge in [-0.25, -0.2) is 4.98 Å². The second-order valence-electron chi connectivity index (χ2n) is 4.07. The molecular weight excluding hydrogens is 371 g/mol. The zero-order chi connectivity index (χ0) is 13.8. The molecule has 0 unspecified atom stereocenters. The molecule has 0 aliphatic carbocycles. The third-order valence-electron chi connectivity index (χ3n) is 2.49. The zero-order valence-corrected chi connectivity index (χ0v) is 13.6. The monoisotopic (exact) mass is 384 g/mol. The summed E-state index contributed by atoms with van der Waals surface area (Å²) in [4.78, 5) is 16.1. The van der Waals surface area contributed by atoms with Crippen molar-refractivity contribution in [2.24, 2.45) is 0 Å². The first-order valence-corrected chi connectivity index (χ1v) is 7.68. The Morgan fingerprint density at radius 2 is 2.21 bits per heavy atom. The third-order valence-corrected chi connectivity index (χ3v) is 3.95. The van der Waals surface area contributed by atoms with Crippen LogP contribution in [0.1, 0.15) is 16.3 Å². The van der Waals surface area contributed by atoms with Crippen LogP contribution in [0.3, 0.4) is 0 Å².